The van der Waals surface area contributed by atoms with Gasteiger partial charge in [0.2, 0.25) is 0 Å². The summed E-state index contributed by atoms with van der Waals surface area (Å²) in [5.41, 5.74) is 0.708. The molecule has 114 valence electrons. The van der Waals surface area contributed by atoms with E-state index in [9.17, 15) is 13.2 Å². The van der Waals surface area contributed by atoms with Crippen LogP contribution in [0.15, 0.2) is 5.38 Å². The number of aryl methyl sites for hydroxylation is 1. The van der Waals surface area contributed by atoms with Gasteiger partial charge < -0.3 is 4.74 Å². The minimum Gasteiger partial charge on any atom is -0.469 e. The average molecular weight is 321 g/mol. The van der Waals surface area contributed by atoms with Crippen LogP contribution in [0.3, 0.4) is 0 Å². The molecule has 1 rings (SSSR count). The van der Waals surface area contributed by atoms with Crippen molar-refractivity contribution in [2.45, 2.75) is 19.9 Å². The van der Waals surface area contributed by atoms with E-state index in [2.05, 4.69) is 9.72 Å². The molecular weight excluding hydrogens is 302 g/mol. The molecule has 1 aromatic heterocycles. The first kappa shape index (κ1) is 17.0. The number of aromatic nitrogens is 1. The zero-order valence-corrected chi connectivity index (χ0v) is 13.6. The van der Waals surface area contributed by atoms with E-state index in [1.165, 1.54) is 36.8 Å². The summed E-state index contributed by atoms with van der Waals surface area (Å²) in [6.07, 6.45) is 0.0237. The van der Waals surface area contributed by atoms with Crippen LogP contribution in [0.5, 0.6) is 0 Å². The van der Waals surface area contributed by atoms with Crippen molar-refractivity contribution in [3.8, 4) is 0 Å². The molecule has 1 aromatic rings. The van der Waals surface area contributed by atoms with Crippen molar-refractivity contribution in [1.29, 1.82) is 0 Å². The molecule has 9 heteroatoms. The molecule has 0 aromatic carbocycles. The van der Waals surface area contributed by atoms with Gasteiger partial charge in [-0.1, -0.05) is 0 Å². The van der Waals surface area contributed by atoms with Crippen molar-refractivity contribution in [3.05, 3.63) is 16.1 Å². The number of ether oxygens (including phenoxy) is 1. The van der Waals surface area contributed by atoms with Gasteiger partial charge in [0, 0.05) is 26.0 Å². The Morgan fingerprint density at radius 2 is 2.05 bits per heavy atom. The Bertz CT molecular complexity index is 556. The molecule has 0 saturated heterocycles. The largest absolute Gasteiger partial charge is 0.469 e. The first-order valence-corrected chi connectivity index (χ1v) is 8.20. The minimum atomic E-state index is -3.61. The number of methoxy groups -OCH3 is 1. The molecule has 0 amide bonds. The van der Waals surface area contributed by atoms with Gasteiger partial charge in [-0.25, -0.2) is 4.98 Å². The van der Waals surface area contributed by atoms with Crippen molar-refractivity contribution in [3.63, 3.8) is 0 Å². The van der Waals surface area contributed by atoms with Crippen LogP contribution in [0.4, 0.5) is 0 Å². The quantitative estimate of drug-likeness (QED) is 0.688. The maximum absolute atomic E-state index is 12.2. The van der Waals surface area contributed by atoms with E-state index in [-0.39, 0.29) is 19.5 Å². The van der Waals surface area contributed by atoms with Gasteiger partial charge >= 0.3 is 5.97 Å². The van der Waals surface area contributed by atoms with Crippen LogP contribution in [0.25, 0.3) is 0 Å². The van der Waals surface area contributed by atoms with E-state index >= 15 is 0 Å². The second-order valence-corrected chi connectivity index (χ2v) is 7.47. The number of thiazole rings is 1. The van der Waals surface area contributed by atoms with Crippen LogP contribution in [0, 0.1) is 6.92 Å². The Hall–Kier alpha value is -1.03. The summed E-state index contributed by atoms with van der Waals surface area (Å²) in [7, 11) is 0.579. The molecule has 0 N–H and O–H groups in total. The lowest BCUT2D eigenvalue weighted by molar-refractivity contribution is -0.140. The molecule has 0 atom stereocenters. The fourth-order valence-electron chi connectivity index (χ4n) is 1.49. The monoisotopic (exact) mass is 321 g/mol. The SMILES string of the molecule is COC(=O)CCN(C)S(=O)(=O)N(C)Cc1csc(C)n1. The summed E-state index contributed by atoms with van der Waals surface area (Å²) in [5.74, 6) is -0.440. The van der Waals surface area contributed by atoms with E-state index in [1.807, 2.05) is 12.3 Å². The van der Waals surface area contributed by atoms with Gasteiger partial charge in [-0.05, 0) is 6.92 Å². The Labute approximate surface area is 123 Å². The molecule has 0 unspecified atom stereocenters. The lowest BCUT2D eigenvalue weighted by atomic mass is 10.4. The molecule has 0 spiro atoms. The number of hydrogen-bond acceptors (Lipinski definition) is 6. The van der Waals surface area contributed by atoms with Crippen LogP contribution in [-0.4, -0.2) is 55.7 Å². The summed E-state index contributed by atoms with van der Waals surface area (Å²) >= 11 is 1.48. The highest BCUT2D eigenvalue weighted by molar-refractivity contribution is 7.86. The summed E-state index contributed by atoms with van der Waals surface area (Å²) in [6, 6.07) is 0. The minimum absolute atomic E-state index is 0.0237. The number of carbonyl (C=O) groups excluding carboxylic acids is 1. The van der Waals surface area contributed by atoms with Gasteiger partial charge in [-0.2, -0.15) is 17.0 Å². The maximum atomic E-state index is 12.2. The Balaban J connectivity index is 2.64. The van der Waals surface area contributed by atoms with Crippen LogP contribution in [0.1, 0.15) is 17.1 Å². The Kier molecular flexibility index (Phi) is 6.06. The number of rotatable bonds is 7. The molecule has 0 radical (unpaired) electrons. The van der Waals surface area contributed by atoms with Crippen LogP contribution >= 0.6 is 11.3 Å². The van der Waals surface area contributed by atoms with Gasteiger partial charge in [0.25, 0.3) is 10.2 Å². The zero-order chi connectivity index (χ0) is 15.3. The smallest absolute Gasteiger partial charge is 0.306 e. The number of carbonyl (C=O) groups is 1. The van der Waals surface area contributed by atoms with Crippen molar-refractivity contribution >= 4 is 27.5 Å². The fraction of sp³-hybridized carbons (Fsp3) is 0.636. The van der Waals surface area contributed by atoms with Crippen molar-refractivity contribution in [2.24, 2.45) is 0 Å². The highest BCUT2D eigenvalue weighted by atomic mass is 32.2. The lowest BCUT2D eigenvalue weighted by Crippen LogP contribution is -2.40. The van der Waals surface area contributed by atoms with Crippen LogP contribution in [-0.2, 0) is 26.3 Å². The first-order chi connectivity index (χ1) is 9.27. The number of nitrogens with zero attached hydrogens (tertiary/aromatic N) is 3. The molecule has 0 aliphatic carbocycles. The fourth-order valence-corrected chi connectivity index (χ4v) is 3.19. The molecular formula is C11H19N3O4S2. The predicted molar refractivity (Wildman–Crippen MR) is 76.5 cm³/mol. The predicted octanol–water partition coefficient (Wildman–Crippen LogP) is 0.623. The number of esters is 1. The molecule has 0 saturated carbocycles. The zero-order valence-electron chi connectivity index (χ0n) is 12.0. The third-order valence-electron chi connectivity index (χ3n) is 2.70. The normalized spacial score (nSPS) is 12.1. The summed E-state index contributed by atoms with van der Waals surface area (Å²) < 4.78 is 31.3. The van der Waals surface area contributed by atoms with Crippen LogP contribution in [0.2, 0.25) is 0 Å². The highest BCUT2D eigenvalue weighted by Crippen LogP contribution is 2.13. The van der Waals surface area contributed by atoms with Gasteiger partial charge in [-0.15, -0.1) is 11.3 Å². The molecule has 0 fully saturated rings. The summed E-state index contributed by atoms with van der Waals surface area (Å²) in [5, 5.41) is 2.72. The van der Waals surface area contributed by atoms with E-state index in [0.29, 0.717) is 5.69 Å². The topological polar surface area (TPSA) is 79.8 Å². The molecule has 0 bridgehead atoms. The molecule has 20 heavy (non-hydrogen) atoms. The average Bonchev–Trinajstić information content (AvgIpc) is 2.80. The lowest BCUT2D eigenvalue weighted by Gasteiger charge is -2.23. The third-order valence-corrected chi connectivity index (χ3v) is 5.41. The second-order valence-electron chi connectivity index (χ2n) is 4.27. The van der Waals surface area contributed by atoms with Gasteiger partial charge in [0.05, 0.1) is 30.8 Å². The second kappa shape index (κ2) is 7.11. The Morgan fingerprint density at radius 1 is 1.40 bits per heavy atom. The number of hydrogen-bond donors (Lipinski definition) is 0. The Morgan fingerprint density at radius 3 is 2.55 bits per heavy atom. The van der Waals surface area contributed by atoms with Crippen LogP contribution < -0.4 is 0 Å². The third kappa shape index (κ3) is 4.51. The van der Waals surface area contributed by atoms with Crippen molar-refractivity contribution in [1.82, 2.24) is 13.6 Å². The summed E-state index contributed by atoms with van der Waals surface area (Å²) in [4.78, 5) is 15.3. The molecule has 0 aliphatic heterocycles. The maximum Gasteiger partial charge on any atom is 0.306 e. The van der Waals surface area contributed by atoms with E-state index in [0.717, 1.165) is 9.31 Å². The van der Waals surface area contributed by atoms with E-state index in [4.69, 9.17) is 0 Å². The molecule has 1 heterocycles. The van der Waals surface area contributed by atoms with Crippen molar-refractivity contribution < 1.29 is 17.9 Å². The van der Waals surface area contributed by atoms with Crippen molar-refractivity contribution in [2.75, 3.05) is 27.7 Å². The summed E-state index contributed by atoms with van der Waals surface area (Å²) in [6.45, 7) is 2.15. The van der Waals surface area contributed by atoms with Gasteiger partial charge in [-0.3, -0.25) is 4.79 Å². The standard InChI is InChI=1S/C11H19N3O4S2/c1-9-12-10(8-19-9)7-14(3)20(16,17)13(2)6-5-11(15)18-4/h8H,5-7H2,1-4H3. The molecule has 0 aliphatic rings. The highest BCUT2D eigenvalue weighted by Gasteiger charge is 2.24. The first-order valence-electron chi connectivity index (χ1n) is 5.92. The van der Waals surface area contributed by atoms with Gasteiger partial charge in [0.1, 0.15) is 0 Å². The van der Waals surface area contributed by atoms with E-state index in [1.54, 1.807) is 0 Å². The van der Waals surface area contributed by atoms with Gasteiger partial charge in [0.15, 0.2) is 0 Å². The molecule has 7 nitrogen and oxygen atoms in total. The van der Waals surface area contributed by atoms with E-state index < -0.39 is 16.2 Å².